The first kappa shape index (κ1) is 13.2. The zero-order chi connectivity index (χ0) is 13.6. The molecule has 1 aromatic carbocycles. The Bertz CT molecular complexity index is 477. The molecule has 1 aromatic rings. The van der Waals surface area contributed by atoms with Crippen LogP contribution in [0.25, 0.3) is 0 Å². The topological polar surface area (TPSA) is 35.2 Å². The molecule has 2 aliphatic heterocycles. The summed E-state index contributed by atoms with van der Waals surface area (Å²) >= 11 is 2.06. The normalized spacial score (nSPS) is 36.2. The molecule has 2 nitrogen and oxygen atoms in total. The lowest BCUT2D eigenvalue weighted by Crippen LogP contribution is -2.41. The van der Waals surface area contributed by atoms with Crippen LogP contribution in [-0.4, -0.2) is 24.5 Å². The predicted molar refractivity (Wildman–Crippen MR) is 83.0 cm³/mol. The highest BCUT2D eigenvalue weighted by Gasteiger charge is 2.51. The van der Waals surface area contributed by atoms with Gasteiger partial charge in [-0.1, -0.05) is 18.2 Å². The molecule has 3 aliphatic rings. The van der Waals surface area contributed by atoms with Crippen LogP contribution in [0.2, 0.25) is 0 Å². The quantitative estimate of drug-likeness (QED) is 0.924. The van der Waals surface area contributed by atoms with Gasteiger partial charge in [-0.3, -0.25) is 0 Å². The Kier molecular flexibility index (Phi) is 3.32. The molecule has 0 spiro atoms. The Morgan fingerprint density at radius 2 is 2.15 bits per heavy atom. The van der Waals surface area contributed by atoms with Gasteiger partial charge in [-0.05, 0) is 49.7 Å². The highest BCUT2D eigenvalue weighted by Crippen LogP contribution is 2.52. The van der Waals surface area contributed by atoms with Crippen LogP contribution in [0.1, 0.15) is 31.2 Å². The van der Waals surface area contributed by atoms with Gasteiger partial charge in [0.15, 0.2) is 0 Å². The Hall–Kier alpha value is -0.510. The molecule has 4 rings (SSSR count). The van der Waals surface area contributed by atoms with E-state index in [1.807, 2.05) is 0 Å². The monoisotopic (exact) mass is 289 g/mol. The van der Waals surface area contributed by atoms with Crippen LogP contribution in [-0.2, 0) is 11.2 Å². The van der Waals surface area contributed by atoms with E-state index in [1.165, 1.54) is 36.1 Å². The minimum absolute atomic E-state index is 0.251. The van der Waals surface area contributed by atoms with Gasteiger partial charge in [0.05, 0.1) is 6.10 Å². The second-order valence-electron chi connectivity index (χ2n) is 6.70. The van der Waals surface area contributed by atoms with Gasteiger partial charge in [0.2, 0.25) is 0 Å². The van der Waals surface area contributed by atoms with E-state index in [9.17, 15) is 0 Å². The fourth-order valence-corrected chi connectivity index (χ4v) is 5.58. The van der Waals surface area contributed by atoms with Crippen LogP contribution in [0, 0.1) is 11.3 Å². The molecule has 0 bridgehead atoms. The van der Waals surface area contributed by atoms with Crippen LogP contribution in [0.5, 0.6) is 0 Å². The van der Waals surface area contributed by atoms with Crippen molar-refractivity contribution in [3.8, 4) is 0 Å². The van der Waals surface area contributed by atoms with Gasteiger partial charge in [-0.15, -0.1) is 11.8 Å². The zero-order valence-electron chi connectivity index (χ0n) is 11.9. The SMILES string of the molecule is NCC1(CC2Cc3ccccc3S2)CCOC1C1CC1. The van der Waals surface area contributed by atoms with E-state index in [0.29, 0.717) is 11.4 Å². The number of hydrogen-bond acceptors (Lipinski definition) is 3. The third-order valence-electron chi connectivity index (χ3n) is 5.31. The summed E-state index contributed by atoms with van der Waals surface area (Å²) < 4.78 is 6.08. The summed E-state index contributed by atoms with van der Waals surface area (Å²) in [4.78, 5) is 1.48. The first-order chi connectivity index (χ1) is 9.81. The first-order valence-corrected chi connectivity index (χ1v) is 8.75. The smallest absolute Gasteiger partial charge is 0.0672 e. The Balaban J connectivity index is 1.50. The lowest BCUT2D eigenvalue weighted by atomic mass is 9.74. The Morgan fingerprint density at radius 1 is 1.30 bits per heavy atom. The van der Waals surface area contributed by atoms with Crippen molar-refractivity contribution in [3.63, 3.8) is 0 Å². The number of fused-ring (bicyclic) bond motifs is 1. The highest BCUT2D eigenvalue weighted by molar-refractivity contribution is 8.00. The third kappa shape index (κ3) is 2.20. The van der Waals surface area contributed by atoms with E-state index >= 15 is 0 Å². The maximum Gasteiger partial charge on any atom is 0.0672 e. The Morgan fingerprint density at radius 3 is 2.90 bits per heavy atom. The fourth-order valence-electron chi connectivity index (χ4n) is 4.08. The van der Waals surface area contributed by atoms with Crippen LogP contribution >= 0.6 is 11.8 Å². The van der Waals surface area contributed by atoms with Crippen LogP contribution in [0.15, 0.2) is 29.2 Å². The average molecular weight is 289 g/mol. The predicted octanol–water partition coefficient (Wildman–Crippen LogP) is 3.24. The molecule has 2 N–H and O–H groups in total. The molecule has 0 radical (unpaired) electrons. The first-order valence-electron chi connectivity index (χ1n) is 7.87. The van der Waals surface area contributed by atoms with E-state index in [0.717, 1.165) is 25.5 Å². The van der Waals surface area contributed by atoms with E-state index < -0.39 is 0 Å². The van der Waals surface area contributed by atoms with Crippen LogP contribution < -0.4 is 5.73 Å². The molecule has 0 aromatic heterocycles. The number of benzene rings is 1. The van der Waals surface area contributed by atoms with Crippen LogP contribution in [0.4, 0.5) is 0 Å². The molecule has 1 aliphatic carbocycles. The minimum Gasteiger partial charge on any atom is -0.377 e. The largest absolute Gasteiger partial charge is 0.377 e. The lowest BCUT2D eigenvalue weighted by Gasteiger charge is -2.35. The van der Waals surface area contributed by atoms with Crippen molar-refractivity contribution in [1.29, 1.82) is 0 Å². The van der Waals surface area contributed by atoms with Gasteiger partial charge in [0.1, 0.15) is 0 Å². The average Bonchev–Trinajstić information content (AvgIpc) is 3.09. The Labute approximate surface area is 125 Å². The number of ether oxygens (including phenoxy) is 1. The number of hydrogen-bond donors (Lipinski definition) is 1. The molecule has 3 heteroatoms. The second kappa shape index (κ2) is 5.04. The van der Waals surface area contributed by atoms with Crippen LogP contribution in [0.3, 0.4) is 0 Å². The standard InChI is InChI=1S/C17H23NOS/c18-11-17(7-8-19-16(17)12-5-6-12)10-14-9-13-3-1-2-4-15(13)20-14/h1-4,12,14,16H,5-11,18H2. The molecular weight excluding hydrogens is 266 g/mol. The van der Waals surface area contributed by atoms with E-state index in [4.69, 9.17) is 10.5 Å². The molecule has 20 heavy (non-hydrogen) atoms. The molecule has 3 atom stereocenters. The molecule has 108 valence electrons. The lowest BCUT2D eigenvalue weighted by molar-refractivity contribution is 0.0304. The summed E-state index contributed by atoms with van der Waals surface area (Å²) in [6.45, 7) is 1.71. The van der Waals surface area contributed by atoms with Gasteiger partial charge >= 0.3 is 0 Å². The molecular formula is C17H23NOS. The van der Waals surface area contributed by atoms with Gasteiger partial charge in [-0.2, -0.15) is 0 Å². The summed E-state index contributed by atoms with van der Waals surface area (Å²) in [5, 5.41) is 0.693. The highest BCUT2D eigenvalue weighted by atomic mass is 32.2. The third-order valence-corrected chi connectivity index (χ3v) is 6.62. The van der Waals surface area contributed by atoms with Crippen molar-refractivity contribution in [2.24, 2.45) is 17.1 Å². The number of rotatable bonds is 4. The van der Waals surface area contributed by atoms with Crippen molar-refractivity contribution >= 4 is 11.8 Å². The van der Waals surface area contributed by atoms with Gasteiger partial charge < -0.3 is 10.5 Å². The van der Waals surface area contributed by atoms with E-state index in [-0.39, 0.29) is 5.41 Å². The number of thioether (sulfide) groups is 1. The molecule has 2 fully saturated rings. The molecule has 1 saturated carbocycles. The van der Waals surface area contributed by atoms with Gasteiger partial charge in [-0.25, -0.2) is 0 Å². The van der Waals surface area contributed by atoms with E-state index in [1.54, 1.807) is 0 Å². The summed E-state index contributed by atoms with van der Waals surface area (Å²) in [7, 11) is 0. The van der Waals surface area contributed by atoms with Crippen molar-refractivity contribution in [1.82, 2.24) is 0 Å². The van der Waals surface area contributed by atoms with Crippen molar-refractivity contribution in [3.05, 3.63) is 29.8 Å². The molecule has 0 amide bonds. The maximum atomic E-state index is 6.22. The van der Waals surface area contributed by atoms with Gasteiger partial charge in [0, 0.05) is 28.7 Å². The van der Waals surface area contributed by atoms with E-state index in [2.05, 4.69) is 36.0 Å². The summed E-state index contributed by atoms with van der Waals surface area (Å²) in [5.41, 5.74) is 7.99. The maximum absolute atomic E-state index is 6.22. The molecule has 1 saturated heterocycles. The minimum atomic E-state index is 0.251. The second-order valence-corrected chi connectivity index (χ2v) is 8.04. The zero-order valence-corrected chi connectivity index (χ0v) is 12.7. The number of nitrogens with two attached hydrogens (primary N) is 1. The summed E-state index contributed by atoms with van der Waals surface area (Å²) in [6, 6.07) is 8.85. The summed E-state index contributed by atoms with van der Waals surface area (Å²) in [5.74, 6) is 0.801. The summed E-state index contributed by atoms with van der Waals surface area (Å²) in [6.07, 6.45) is 6.74. The molecule has 3 unspecified atom stereocenters. The van der Waals surface area contributed by atoms with Crippen molar-refractivity contribution < 1.29 is 4.74 Å². The van der Waals surface area contributed by atoms with Crippen molar-refractivity contribution in [2.75, 3.05) is 13.2 Å². The molecule has 2 heterocycles. The fraction of sp³-hybridized carbons (Fsp3) is 0.647. The van der Waals surface area contributed by atoms with Gasteiger partial charge in [0.25, 0.3) is 0 Å². The van der Waals surface area contributed by atoms with Crippen molar-refractivity contribution in [2.45, 2.75) is 48.4 Å².